The summed E-state index contributed by atoms with van der Waals surface area (Å²) in [4.78, 5) is 49.2. The average Bonchev–Trinajstić information content (AvgIpc) is 3.60. The molecule has 40 heavy (non-hydrogen) atoms. The molecule has 9 nitrogen and oxygen atoms in total. The van der Waals surface area contributed by atoms with Crippen molar-refractivity contribution in [2.24, 2.45) is 11.8 Å². The van der Waals surface area contributed by atoms with Crippen LogP contribution in [0.25, 0.3) is 0 Å². The highest BCUT2D eigenvalue weighted by Crippen LogP contribution is 2.59. The Kier molecular flexibility index (Phi) is 9.36. The summed E-state index contributed by atoms with van der Waals surface area (Å²) in [5.41, 5.74) is 0.727. The third kappa shape index (κ3) is 5.05. The molecular formula is C31H44N4O5. The zero-order valence-corrected chi connectivity index (χ0v) is 24.1. The van der Waals surface area contributed by atoms with Gasteiger partial charge >= 0.3 is 0 Å². The molecule has 4 rings (SSSR count). The Bertz CT molecular complexity index is 1100. The first-order valence-electron chi connectivity index (χ1n) is 14.5. The second-order valence-electron chi connectivity index (χ2n) is 11.0. The Labute approximate surface area is 238 Å². The van der Waals surface area contributed by atoms with Gasteiger partial charge in [-0.05, 0) is 63.8 Å². The number of unbranched alkanes of at least 4 members (excludes halogenated alkanes) is 1. The number of rotatable bonds is 14. The zero-order valence-electron chi connectivity index (χ0n) is 24.1. The molecule has 1 spiro atoms. The molecule has 1 aromatic carbocycles. The number of carbonyl (C=O) groups is 3. The molecule has 3 fully saturated rings. The van der Waals surface area contributed by atoms with Crippen molar-refractivity contribution in [3.8, 4) is 0 Å². The number of aliphatic hydroxyl groups is 1. The summed E-state index contributed by atoms with van der Waals surface area (Å²) >= 11 is 0. The fourth-order valence-corrected chi connectivity index (χ4v) is 6.92. The molecular weight excluding hydrogens is 508 g/mol. The molecule has 1 aromatic rings. The van der Waals surface area contributed by atoms with E-state index in [0.717, 1.165) is 18.8 Å². The average molecular weight is 553 g/mol. The number of ether oxygens (including phenoxy) is 1. The van der Waals surface area contributed by atoms with Gasteiger partial charge in [-0.1, -0.05) is 12.2 Å². The Morgan fingerprint density at radius 1 is 1.07 bits per heavy atom. The number of anilines is 2. The smallest absolute Gasteiger partial charge is 0.253 e. The van der Waals surface area contributed by atoms with E-state index in [4.69, 9.17) is 4.74 Å². The first-order valence-corrected chi connectivity index (χ1v) is 14.5. The van der Waals surface area contributed by atoms with E-state index in [-0.39, 0.29) is 30.9 Å². The monoisotopic (exact) mass is 552 g/mol. The van der Waals surface area contributed by atoms with E-state index in [1.165, 1.54) is 0 Å². The molecule has 2 unspecified atom stereocenters. The molecule has 0 aliphatic carbocycles. The van der Waals surface area contributed by atoms with E-state index in [0.29, 0.717) is 44.5 Å². The number of hydrogen-bond donors (Lipinski definition) is 1. The summed E-state index contributed by atoms with van der Waals surface area (Å²) in [6, 6.07) is 7.01. The fraction of sp³-hybridized carbons (Fsp3) is 0.581. The minimum atomic E-state index is -1.06. The van der Waals surface area contributed by atoms with Gasteiger partial charge in [0.05, 0.1) is 17.9 Å². The standard InChI is InChI=1S/C31H44N4O5/c1-6-18-32(5)28(37)25-24-16-17-31(40-24)26(25)29(38)35(20-10-11-21-36)27(31)30(39)34(19-7-2)23-14-12-22(13-15-23)33(8-3)9-4/h6-7,12-15,24-27,36H,1-2,8-11,16-21H2,3-5H3/t24-,25+,26-,27?,31?/m0/s1. The van der Waals surface area contributed by atoms with E-state index in [9.17, 15) is 19.5 Å². The second kappa shape index (κ2) is 12.6. The third-order valence-electron chi connectivity index (χ3n) is 8.77. The highest BCUT2D eigenvalue weighted by Gasteiger charge is 2.74. The number of carbonyl (C=O) groups excluding carboxylic acids is 3. The van der Waals surface area contributed by atoms with E-state index in [1.807, 2.05) is 24.3 Å². The summed E-state index contributed by atoms with van der Waals surface area (Å²) in [7, 11) is 1.71. The van der Waals surface area contributed by atoms with Crippen molar-refractivity contribution in [3.05, 3.63) is 49.6 Å². The molecule has 3 heterocycles. The predicted molar refractivity (Wildman–Crippen MR) is 156 cm³/mol. The predicted octanol–water partition coefficient (Wildman–Crippen LogP) is 2.84. The number of likely N-dealkylation sites (tertiary alicyclic amines) is 1. The van der Waals surface area contributed by atoms with Crippen molar-refractivity contribution in [2.45, 2.75) is 57.3 Å². The Morgan fingerprint density at radius 3 is 2.33 bits per heavy atom. The number of aliphatic hydroxyl groups excluding tert-OH is 1. The van der Waals surface area contributed by atoms with Crippen LogP contribution in [0.2, 0.25) is 0 Å². The van der Waals surface area contributed by atoms with Crippen LogP contribution in [0.15, 0.2) is 49.6 Å². The van der Waals surface area contributed by atoms with E-state index in [1.54, 1.807) is 33.9 Å². The Morgan fingerprint density at radius 2 is 1.73 bits per heavy atom. The molecule has 0 radical (unpaired) electrons. The highest BCUT2D eigenvalue weighted by molar-refractivity contribution is 6.05. The van der Waals surface area contributed by atoms with Gasteiger partial charge in [-0.15, -0.1) is 13.2 Å². The van der Waals surface area contributed by atoms with Crippen LogP contribution in [0.5, 0.6) is 0 Å². The van der Waals surface area contributed by atoms with Crippen LogP contribution in [0, 0.1) is 11.8 Å². The van der Waals surface area contributed by atoms with Gasteiger partial charge in [0.1, 0.15) is 11.6 Å². The summed E-state index contributed by atoms with van der Waals surface area (Å²) in [5.74, 6) is -1.94. The van der Waals surface area contributed by atoms with Gasteiger partial charge in [-0.25, -0.2) is 0 Å². The topological polar surface area (TPSA) is 93.6 Å². The molecule has 218 valence electrons. The molecule has 0 aromatic heterocycles. The van der Waals surface area contributed by atoms with Crippen LogP contribution in [-0.2, 0) is 19.1 Å². The van der Waals surface area contributed by atoms with Crippen LogP contribution >= 0.6 is 0 Å². The molecule has 3 amide bonds. The zero-order chi connectivity index (χ0) is 29.0. The van der Waals surface area contributed by atoms with Crippen molar-refractivity contribution in [3.63, 3.8) is 0 Å². The first-order chi connectivity index (χ1) is 19.3. The van der Waals surface area contributed by atoms with Gasteiger partial charge in [-0.2, -0.15) is 0 Å². The number of hydrogen-bond acceptors (Lipinski definition) is 6. The molecule has 0 saturated carbocycles. The molecule has 1 N–H and O–H groups in total. The summed E-state index contributed by atoms with van der Waals surface area (Å²) in [6.07, 6.45) is 5.17. The summed E-state index contributed by atoms with van der Waals surface area (Å²) in [5, 5.41) is 9.40. The number of amides is 3. The minimum absolute atomic E-state index is 0.00270. The van der Waals surface area contributed by atoms with E-state index < -0.39 is 29.6 Å². The van der Waals surface area contributed by atoms with Crippen LogP contribution in [-0.4, -0.2) is 96.8 Å². The van der Waals surface area contributed by atoms with Crippen LogP contribution in [0.1, 0.15) is 39.5 Å². The van der Waals surface area contributed by atoms with Gasteiger partial charge < -0.3 is 29.4 Å². The number of nitrogens with zero attached hydrogens (tertiary/aromatic N) is 4. The van der Waals surface area contributed by atoms with Crippen molar-refractivity contribution < 1.29 is 24.2 Å². The second-order valence-corrected chi connectivity index (χ2v) is 11.0. The molecule has 9 heteroatoms. The molecule has 3 aliphatic rings. The largest absolute Gasteiger partial charge is 0.396 e. The lowest BCUT2D eigenvalue weighted by Crippen LogP contribution is -2.56. The van der Waals surface area contributed by atoms with Gasteiger partial charge in [0, 0.05) is 57.8 Å². The van der Waals surface area contributed by atoms with Gasteiger partial charge in [0.15, 0.2) is 0 Å². The lowest BCUT2D eigenvalue weighted by molar-refractivity contribution is -0.144. The van der Waals surface area contributed by atoms with Crippen molar-refractivity contribution >= 4 is 29.1 Å². The molecule has 3 saturated heterocycles. The quantitative estimate of drug-likeness (QED) is 0.282. The van der Waals surface area contributed by atoms with Crippen molar-refractivity contribution in [1.29, 1.82) is 0 Å². The number of likely N-dealkylation sites (N-methyl/N-ethyl adjacent to an activating group) is 1. The van der Waals surface area contributed by atoms with Gasteiger partial charge in [0.25, 0.3) is 5.91 Å². The fourth-order valence-electron chi connectivity index (χ4n) is 6.92. The summed E-state index contributed by atoms with van der Waals surface area (Å²) < 4.78 is 6.57. The van der Waals surface area contributed by atoms with E-state index in [2.05, 4.69) is 31.9 Å². The minimum Gasteiger partial charge on any atom is -0.396 e. The Hall–Kier alpha value is -3.17. The van der Waals surface area contributed by atoms with Crippen molar-refractivity contribution in [2.75, 3.05) is 56.2 Å². The lowest BCUT2D eigenvalue weighted by Gasteiger charge is -2.37. The van der Waals surface area contributed by atoms with Crippen molar-refractivity contribution in [1.82, 2.24) is 9.80 Å². The molecule has 3 aliphatic heterocycles. The Balaban J connectivity index is 1.71. The van der Waals surface area contributed by atoms with Crippen LogP contribution in [0.3, 0.4) is 0 Å². The lowest BCUT2D eigenvalue weighted by atomic mass is 9.70. The first kappa shape index (κ1) is 29.8. The van der Waals surface area contributed by atoms with Crippen LogP contribution < -0.4 is 9.80 Å². The van der Waals surface area contributed by atoms with E-state index >= 15 is 0 Å². The normalized spacial score (nSPS) is 26.5. The van der Waals surface area contributed by atoms with Crippen LogP contribution in [0.4, 0.5) is 11.4 Å². The highest BCUT2D eigenvalue weighted by atomic mass is 16.5. The van der Waals surface area contributed by atoms with Gasteiger partial charge in [0.2, 0.25) is 11.8 Å². The maximum atomic E-state index is 14.5. The number of fused-ring (bicyclic) bond motifs is 1. The molecule has 2 bridgehead atoms. The maximum Gasteiger partial charge on any atom is 0.253 e. The third-order valence-corrected chi connectivity index (χ3v) is 8.77. The van der Waals surface area contributed by atoms with Gasteiger partial charge in [-0.3, -0.25) is 14.4 Å². The maximum absolute atomic E-state index is 14.5. The SMILES string of the molecule is C=CCN(C)C(=O)[C@@H]1[C@@H]2CCC3(O2)C(C(=O)N(CC=C)c2ccc(N(CC)CC)cc2)N(CCCCO)C(=O)[C@H]13. The summed E-state index contributed by atoms with van der Waals surface area (Å²) in [6.45, 7) is 14.5. The number of benzene rings is 1. The molecule has 5 atom stereocenters.